The SMILES string of the molecule is CCCCCCC[NH2+]CCCCC.[Cl-]. The number of nitrogens with two attached hydrogens (primary N) is 1. The molecule has 0 bridgehead atoms. The van der Waals surface area contributed by atoms with Gasteiger partial charge in [-0.3, -0.25) is 0 Å². The molecule has 88 valence electrons. The van der Waals surface area contributed by atoms with Crippen molar-refractivity contribution in [3.8, 4) is 0 Å². The van der Waals surface area contributed by atoms with Crippen molar-refractivity contribution >= 4 is 0 Å². The van der Waals surface area contributed by atoms with E-state index in [1.807, 2.05) is 0 Å². The van der Waals surface area contributed by atoms with Gasteiger partial charge in [0.2, 0.25) is 0 Å². The lowest BCUT2D eigenvalue weighted by Crippen LogP contribution is -3.00. The van der Waals surface area contributed by atoms with E-state index in [1.165, 1.54) is 64.5 Å². The van der Waals surface area contributed by atoms with E-state index < -0.39 is 0 Å². The molecule has 0 rings (SSSR count). The Hall–Kier alpha value is 0.250. The van der Waals surface area contributed by atoms with Crippen LogP contribution < -0.4 is 17.7 Å². The third-order valence-electron chi connectivity index (χ3n) is 2.52. The summed E-state index contributed by atoms with van der Waals surface area (Å²) in [4.78, 5) is 0. The van der Waals surface area contributed by atoms with E-state index in [9.17, 15) is 0 Å². The molecule has 0 heterocycles. The molecule has 0 aromatic heterocycles. The van der Waals surface area contributed by atoms with Gasteiger partial charge in [0, 0.05) is 0 Å². The summed E-state index contributed by atoms with van der Waals surface area (Å²) in [7, 11) is 0. The van der Waals surface area contributed by atoms with E-state index in [0.717, 1.165) is 0 Å². The fraction of sp³-hybridized carbons (Fsp3) is 1.00. The number of unbranched alkanes of at least 4 members (excludes halogenated alkanes) is 6. The highest BCUT2D eigenvalue weighted by atomic mass is 35.5. The van der Waals surface area contributed by atoms with Gasteiger partial charge in [0.1, 0.15) is 0 Å². The minimum absolute atomic E-state index is 0. The van der Waals surface area contributed by atoms with E-state index in [0.29, 0.717) is 0 Å². The van der Waals surface area contributed by atoms with Crippen molar-refractivity contribution in [2.45, 2.75) is 65.2 Å². The lowest BCUT2D eigenvalue weighted by atomic mass is 10.1. The van der Waals surface area contributed by atoms with Crippen LogP contribution in [-0.4, -0.2) is 13.1 Å². The van der Waals surface area contributed by atoms with Gasteiger partial charge in [0.25, 0.3) is 0 Å². The van der Waals surface area contributed by atoms with Gasteiger partial charge in [-0.15, -0.1) is 0 Å². The Morgan fingerprint density at radius 2 is 1.07 bits per heavy atom. The van der Waals surface area contributed by atoms with Gasteiger partial charge < -0.3 is 17.7 Å². The summed E-state index contributed by atoms with van der Waals surface area (Å²) in [5.74, 6) is 0. The van der Waals surface area contributed by atoms with Crippen LogP contribution in [0.1, 0.15) is 65.2 Å². The number of hydrogen-bond donors (Lipinski definition) is 1. The molecule has 0 fully saturated rings. The van der Waals surface area contributed by atoms with E-state index >= 15 is 0 Å². The van der Waals surface area contributed by atoms with Crippen LogP contribution in [0, 0.1) is 0 Å². The topological polar surface area (TPSA) is 16.6 Å². The molecule has 0 spiro atoms. The van der Waals surface area contributed by atoms with Gasteiger partial charge >= 0.3 is 0 Å². The number of rotatable bonds is 10. The van der Waals surface area contributed by atoms with Crippen molar-refractivity contribution in [2.24, 2.45) is 0 Å². The van der Waals surface area contributed by atoms with E-state index in [-0.39, 0.29) is 12.4 Å². The van der Waals surface area contributed by atoms with Crippen LogP contribution in [0.5, 0.6) is 0 Å². The maximum Gasteiger partial charge on any atom is 0.0755 e. The molecule has 0 aliphatic carbocycles. The van der Waals surface area contributed by atoms with Crippen molar-refractivity contribution in [2.75, 3.05) is 13.1 Å². The van der Waals surface area contributed by atoms with Gasteiger partial charge in [-0.25, -0.2) is 0 Å². The van der Waals surface area contributed by atoms with E-state index in [2.05, 4.69) is 19.2 Å². The first-order valence-corrected chi connectivity index (χ1v) is 6.23. The molecule has 2 heteroatoms. The molecule has 0 amide bonds. The predicted octanol–water partition coefficient (Wildman–Crippen LogP) is -0.286. The lowest BCUT2D eigenvalue weighted by Gasteiger charge is -2.00. The molecule has 0 radical (unpaired) electrons. The van der Waals surface area contributed by atoms with Gasteiger partial charge in [-0.05, 0) is 25.7 Å². The molecule has 0 atom stereocenters. The van der Waals surface area contributed by atoms with Gasteiger partial charge in [0.05, 0.1) is 13.1 Å². The Morgan fingerprint density at radius 3 is 1.64 bits per heavy atom. The zero-order valence-electron chi connectivity index (χ0n) is 10.0. The second-order valence-electron chi connectivity index (χ2n) is 3.99. The fourth-order valence-corrected chi connectivity index (χ4v) is 1.58. The largest absolute Gasteiger partial charge is 1.00 e. The normalized spacial score (nSPS) is 9.86. The maximum atomic E-state index is 2.49. The number of halogens is 1. The minimum atomic E-state index is 0. The smallest absolute Gasteiger partial charge is 0.0755 e. The van der Waals surface area contributed by atoms with Crippen LogP contribution in [0.2, 0.25) is 0 Å². The van der Waals surface area contributed by atoms with Crippen LogP contribution >= 0.6 is 0 Å². The Labute approximate surface area is 96.5 Å². The molecule has 0 aromatic carbocycles. The quantitative estimate of drug-likeness (QED) is 0.489. The summed E-state index contributed by atoms with van der Waals surface area (Å²) in [6.45, 7) is 7.25. The van der Waals surface area contributed by atoms with Gasteiger partial charge in [-0.1, -0.05) is 39.5 Å². The summed E-state index contributed by atoms with van der Waals surface area (Å²) in [5, 5.41) is 2.49. The second kappa shape index (κ2) is 15.7. The predicted molar refractivity (Wildman–Crippen MR) is 59.9 cm³/mol. The zero-order chi connectivity index (χ0) is 9.78. The molecule has 0 aliphatic rings. The summed E-state index contributed by atoms with van der Waals surface area (Å²) in [6.07, 6.45) is 11.3. The summed E-state index contributed by atoms with van der Waals surface area (Å²) in [5.41, 5.74) is 0. The van der Waals surface area contributed by atoms with Crippen molar-refractivity contribution in [3.05, 3.63) is 0 Å². The lowest BCUT2D eigenvalue weighted by molar-refractivity contribution is -0.655. The highest BCUT2D eigenvalue weighted by Crippen LogP contribution is 2.00. The third-order valence-corrected chi connectivity index (χ3v) is 2.52. The molecule has 1 nitrogen and oxygen atoms in total. The molecule has 2 N–H and O–H groups in total. The Bertz CT molecular complexity index is 76.4. The van der Waals surface area contributed by atoms with E-state index in [1.54, 1.807) is 0 Å². The highest BCUT2D eigenvalue weighted by molar-refractivity contribution is 4.40. The van der Waals surface area contributed by atoms with Crippen molar-refractivity contribution in [3.63, 3.8) is 0 Å². The first kappa shape index (κ1) is 16.7. The number of hydrogen-bond acceptors (Lipinski definition) is 0. The van der Waals surface area contributed by atoms with Crippen LogP contribution in [0.3, 0.4) is 0 Å². The van der Waals surface area contributed by atoms with E-state index in [4.69, 9.17) is 0 Å². The third kappa shape index (κ3) is 14.8. The minimum Gasteiger partial charge on any atom is -1.00 e. The molecule has 0 unspecified atom stereocenters. The maximum absolute atomic E-state index is 2.49. The summed E-state index contributed by atoms with van der Waals surface area (Å²) < 4.78 is 0. The van der Waals surface area contributed by atoms with Crippen LogP contribution in [0.25, 0.3) is 0 Å². The summed E-state index contributed by atoms with van der Waals surface area (Å²) >= 11 is 0. The van der Waals surface area contributed by atoms with Crippen molar-refractivity contribution in [1.82, 2.24) is 0 Å². The van der Waals surface area contributed by atoms with Crippen LogP contribution in [0.15, 0.2) is 0 Å². The van der Waals surface area contributed by atoms with Crippen molar-refractivity contribution in [1.29, 1.82) is 0 Å². The van der Waals surface area contributed by atoms with Crippen molar-refractivity contribution < 1.29 is 17.7 Å². The molecule has 0 saturated heterocycles. The summed E-state index contributed by atoms with van der Waals surface area (Å²) in [6, 6.07) is 0. The average molecular weight is 222 g/mol. The average Bonchev–Trinajstić information content (AvgIpc) is 2.16. The Kier molecular flexibility index (Phi) is 18.7. The molecule has 0 saturated carbocycles. The molecular weight excluding hydrogens is 194 g/mol. The molecule has 0 aliphatic heterocycles. The van der Waals surface area contributed by atoms with Gasteiger partial charge in [0.15, 0.2) is 0 Å². The standard InChI is InChI=1S/C12H27N.ClH/c1-3-5-7-8-10-12-13-11-9-6-4-2;/h13H,3-12H2,1-2H3;1H. The Morgan fingerprint density at radius 1 is 0.643 bits per heavy atom. The van der Waals surface area contributed by atoms with Gasteiger partial charge in [-0.2, -0.15) is 0 Å². The highest BCUT2D eigenvalue weighted by Gasteiger charge is 1.92. The Balaban J connectivity index is 0. The zero-order valence-corrected chi connectivity index (χ0v) is 10.8. The number of quaternary nitrogens is 1. The molecule has 14 heavy (non-hydrogen) atoms. The second-order valence-corrected chi connectivity index (χ2v) is 3.99. The van der Waals surface area contributed by atoms with Crippen LogP contribution in [0.4, 0.5) is 0 Å². The fourth-order valence-electron chi connectivity index (χ4n) is 1.58. The molecule has 0 aromatic rings. The first-order chi connectivity index (χ1) is 6.41. The molecular formula is C12H28ClN. The van der Waals surface area contributed by atoms with Crippen LogP contribution in [-0.2, 0) is 0 Å². The first-order valence-electron chi connectivity index (χ1n) is 6.23. The monoisotopic (exact) mass is 221 g/mol.